The topological polar surface area (TPSA) is 63.8 Å². The summed E-state index contributed by atoms with van der Waals surface area (Å²) in [7, 11) is 0. The quantitative estimate of drug-likeness (QED) is 0.863. The van der Waals surface area contributed by atoms with Crippen LogP contribution in [0.3, 0.4) is 0 Å². The molecule has 0 bridgehead atoms. The van der Waals surface area contributed by atoms with Gasteiger partial charge in [0, 0.05) is 12.6 Å². The van der Waals surface area contributed by atoms with E-state index in [-0.39, 0.29) is 0 Å². The van der Waals surface area contributed by atoms with Gasteiger partial charge in [0.1, 0.15) is 18.0 Å². The monoisotopic (exact) mass is 256 g/mol. The van der Waals surface area contributed by atoms with Crippen LogP contribution in [0.4, 0.5) is 11.6 Å². The minimum atomic E-state index is 0.481. The first-order valence-corrected chi connectivity index (χ1v) is 6.65. The normalized spacial score (nSPS) is 10.4. The number of nitrogens with zero attached hydrogens (tertiary/aromatic N) is 2. The summed E-state index contributed by atoms with van der Waals surface area (Å²) in [5.74, 6) is 1.24. The van der Waals surface area contributed by atoms with Crippen LogP contribution >= 0.6 is 0 Å². The van der Waals surface area contributed by atoms with Gasteiger partial charge in [-0.1, -0.05) is 32.0 Å². The fourth-order valence-corrected chi connectivity index (χ4v) is 2.06. The van der Waals surface area contributed by atoms with E-state index in [0.717, 1.165) is 25.2 Å². The number of hydrogen-bond donors (Lipinski definition) is 2. The highest BCUT2D eigenvalue weighted by atomic mass is 15.0. The Morgan fingerprint density at radius 2 is 1.89 bits per heavy atom. The molecule has 1 aromatic carbocycles. The third-order valence-corrected chi connectivity index (χ3v) is 3.21. The van der Waals surface area contributed by atoms with E-state index < -0.39 is 0 Å². The molecule has 4 heteroatoms. The summed E-state index contributed by atoms with van der Waals surface area (Å²) < 4.78 is 0. The lowest BCUT2D eigenvalue weighted by Gasteiger charge is -2.11. The Morgan fingerprint density at radius 1 is 1.05 bits per heavy atom. The van der Waals surface area contributed by atoms with E-state index in [1.165, 1.54) is 23.0 Å². The molecule has 0 unspecified atom stereocenters. The molecular weight excluding hydrogens is 236 g/mol. The lowest BCUT2D eigenvalue weighted by atomic mass is 10.0. The van der Waals surface area contributed by atoms with Crippen LogP contribution in [-0.4, -0.2) is 9.97 Å². The molecule has 3 N–H and O–H groups in total. The predicted molar refractivity (Wildman–Crippen MR) is 79.0 cm³/mol. The second kappa shape index (κ2) is 6.18. The molecule has 1 heterocycles. The first-order valence-electron chi connectivity index (χ1n) is 6.65. The smallest absolute Gasteiger partial charge is 0.131 e. The van der Waals surface area contributed by atoms with E-state index in [2.05, 4.69) is 47.3 Å². The van der Waals surface area contributed by atoms with Gasteiger partial charge in [-0.15, -0.1) is 0 Å². The summed E-state index contributed by atoms with van der Waals surface area (Å²) in [6.07, 6.45) is 3.58. The lowest BCUT2D eigenvalue weighted by molar-refractivity contribution is 1.01. The van der Waals surface area contributed by atoms with Gasteiger partial charge >= 0.3 is 0 Å². The SMILES string of the molecule is CCc1ccc(CNc2cc(N)ncn2)c(CC)c1. The molecule has 0 saturated heterocycles. The molecule has 1 aromatic heterocycles. The minimum absolute atomic E-state index is 0.481. The van der Waals surface area contributed by atoms with Crippen LogP contribution in [0.2, 0.25) is 0 Å². The fraction of sp³-hybridized carbons (Fsp3) is 0.333. The van der Waals surface area contributed by atoms with Crippen molar-refractivity contribution in [1.29, 1.82) is 0 Å². The van der Waals surface area contributed by atoms with Crippen LogP contribution < -0.4 is 11.1 Å². The molecule has 100 valence electrons. The molecule has 0 radical (unpaired) electrons. The number of aromatic nitrogens is 2. The molecule has 0 aliphatic rings. The van der Waals surface area contributed by atoms with Crippen LogP contribution in [-0.2, 0) is 19.4 Å². The second-order valence-electron chi connectivity index (χ2n) is 4.49. The molecule has 19 heavy (non-hydrogen) atoms. The van der Waals surface area contributed by atoms with Crippen molar-refractivity contribution in [3.05, 3.63) is 47.3 Å². The summed E-state index contributed by atoms with van der Waals surface area (Å²) in [5, 5.41) is 3.28. The van der Waals surface area contributed by atoms with E-state index in [4.69, 9.17) is 5.73 Å². The Labute approximate surface area is 114 Å². The summed E-state index contributed by atoms with van der Waals surface area (Å²) in [6.45, 7) is 5.11. The van der Waals surface area contributed by atoms with Crippen LogP contribution in [0.5, 0.6) is 0 Å². The van der Waals surface area contributed by atoms with Crippen molar-refractivity contribution < 1.29 is 0 Å². The van der Waals surface area contributed by atoms with Gasteiger partial charge in [-0.25, -0.2) is 9.97 Å². The van der Waals surface area contributed by atoms with E-state index in [9.17, 15) is 0 Å². The molecule has 0 spiro atoms. The molecule has 4 nitrogen and oxygen atoms in total. The van der Waals surface area contributed by atoms with E-state index >= 15 is 0 Å². The zero-order chi connectivity index (χ0) is 13.7. The van der Waals surface area contributed by atoms with Crippen molar-refractivity contribution in [2.75, 3.05) is 11.1 Å². The number of hydrogen-bond acceptors (Lipinski definition) is 4. The van der Waals surface area contributed by atoms with Gasteiger partial charge in [0.15, 0.2) is 0 Å². The maximum atomic E-state index is 5.63. The number of benzene rings is 1. The third kappa shape index (κ3) is 3.44. The predicted octanol–water partition coefficient (Wildman–Crippen LogP) is 2.80. The van der Waals surface area contributed by atoms with Crippen molar-refractivity contribution in [3.63, 3.8) is 0 Å². The first kappa shape index (κ1) is 13.3. The number of nitrogen functional groups attached to an aromatic ring is 1. The largest absolute Gasteiger partial charge is 0.384 e. The molecule has 0 atom stereocenters. The average molecular weight is 256 g/mol. The maximum Gasteiger partial charge on any atom is 0.131 e. The number of aryl methyl sites for hydroxylation is 2. The number of rotatable bonds is 5. The van der Waals surface area contributed by atoms with Crippen LogP contribution in [0.1, 0.15) is 30.5 Å². The van der Waals surface area contributed by atoms with E-state index in [1.54, 1.807) is 6.07 Å². The molecule has 0 aliphatic heterocycles. The molecule has 0 fully saturated rings. The van der Waals surface area contributed by atoms with Gasteiger partial charge < -0.3 is 11.1 Å². The maximum absolute atomic E-state index is 5.63. The number of nitrogens with two attached hydrogens (primary N) is 1. The first-order chi connectivity index (χ1) is 9.22. The van der Waals surface area contributed by atoms with E-state index in [1.807, 2.05) is 0 Å². The summed E-state index contributed by atoms with van der Waals surface area (Å²) in [5.41, 5.74) is 9.70. The zero-order valence-corrected chi connectivity index (χ0v) is 11.5. The summed E-state index contributed by atoms with van der Waals surface area (Å²) in [6, 6.07) is 8.40. The van der Waals surface area contributed by atoms with Gasteiger partial charge in [0.25, 0.3) is 0 Å². The number of nitrogens with one attached hydrogen (secondary N) is 1. The van der Waals surface area contributed by atoms with Crippen molar-refractivity contribution in [2.45, 2.75) is 33.2 Å². The van der Waals surface area contributed by atoms with Crippen LogP contribution in [0, 0.1) is 0 Å². The highest BCUT2D eigenvalue weighted by Gasteiger charge is 2.03. The Kier molecular flexibility index (Phi) is 4.34. The molecule has 0 saturated carbocycles. The second-order valence-corrected chi connectivity index (χ2v) is 4.49. The van der Waals surface area contributed by atoms with Crippen molar-refractivity contribution >= 4 is 11.6 Å². The molecule has 0 aliphatic carbocycles. The van der Waals surface area contributed by atoms with Crippen LogP contribution in [0.15, 0.2) is 30.6 Å². The Morgan fingerprint density at radius 3 is 2.58 bits per heavy atom. The van der Waals surface area contributed by atoms with Gasteiger partial charge in [-0.2, -0.15) is 0 Å². The van der Waals surface area contributed by atoms with Crippen molar-refractivity contribution in [2.24, 2.45) is 0 Å². The number of anilines is 2. The van der Waals surface area contributed by atoms with Gasteiger partial charge in [0.2, 0.25) is 0 Å². The lowest BCUT2D eigenvalue weighted by Crippen LogP contribution is -2.05. The van der Waals surface area contributed by atoms with Crippen molar-refractivity contribution in [1.82, 2.24) is 9.97 Å². The zero-order valence-electron chi connectivity index (χ0n) is 11.5. The third-order valence-electron chi connectivity index (χ3n) is 3.21. The molecule has 2 aromatic rings. The molecular formula is C15H20N4. The Bertz CT molecular complexity index is 552. The molecule has 2 rings (SSSR count). The van der Waals surface area contributed by atoms with E-state index in [0.29, 0.717) is 5.82 Å². The highest BCUT2D eigenvalue weighted by molar-refractivity contribution is 5.44. The summed E-state index contributed by atoms with van der Waals surface area (Å²) >= 11 is 0. The standard InChI is InChI=1S/C15H20N4/c1-3-11-5-6-13(12(4-2)7-11)9-17-15-8-14(16)18-10-19-15/h5-8,10H,3-4,9H2,1-2H3,(H3,16,17,18,19). The highest BCUT2D eigenvalue weighted by Crippen LogP contribution is 2.15. The molecule has 0 amide bonds. The van der Waals surface area contributed by atoms with Gasteiger partial charge in [0.05, 0.1) is 0 Å². The fourth-order valence-electron chi connectivity index (χ4n) is 2.06. The Hall–Kier alpha value is -2.10. The average Bonchev–Trinajstić information content (AvgIpc) is 2.45. The Balaban J connectivity index is 2.11. The minimum Gasteiger partial charge on any atom is -0.384 e. The van der Waals surface area contributed by atoms with Crippen LogP contribution in [0.25, 0.3) is 0 Å². The summed E-state index contributed by atoms with van der Waals surface area (Å²) in [4.78, 5) is 8.02. The van der Waals surface area contributed by atoms with Crippen molar-refractivity contribution in [3.8, 4) is 0 Å². The van der Waals surface area contributed by atoms with Gasteiger partial charge in [-0.05, 0) is 29.5 Å². The van der Waals surface area contributed by atoms with Gasteiger partial charge in [-0.3, -0.25) is 0 Å².